The predicted molar refractivity (Wildman–Crippen MR) is 114 cm³/mol. The molecule has 0 unspecified atom stereocenters. The van der Waals surface area contributed by atoms with Crippen LogP contribution in [0.2, 0.25) is 0 Å². The summed E-state index contributed by atoms with van der Waals surface area (Å²) in [5.74, 6) is 1.27. The third kappa shape index (κ3) is 3.63. The van der Waals surface area contributed by atoms with Crippen molar-refractivity contribution < 1.29 is 4.79 Å². The summed E-state index contributed by atoms with van der Waals surface area (Å²) in [7, 11) is 4.09. The standard InChI is InChI=1S/C22H32N6O/c1-22(2,3)21(29)28-13-10-15(11-14-28)26(4)20-17-8-6-7-16(17)19(24-25-20)18-9-12-23-27(18)5/h9,12,15H,6-8,10-11,13-14H2,1-5H3. The minimum absolute atomic E-state index is 0.250. The van der Waals surface area contributed by atoms with E-state index in [9.17, 15) is 4.79 Å². The fraction of sp³-hybridized carbons (Fsp3) is 0.636. The van der Waals surface area contributed by atoms with Crippen LogP contribution >= 0.6 is 0 Å². The minimum Gasteiger partial charge on any atom is -0.355 e. The lowest BCUT2D eigenvalue weighted by molar-refractivity contribution is -0.140. The van der Waals surface area contributed by atoms with E-state index in [0.29, 0.717) is 6.04 Å². The van der Waals surface area contributed by atoms with Crippen molar-refractivity contribution in [2.75, 3.05) is 25.0 Å². The first-order chi connectivity index (χ1) is 13.8. The number of aromatic nitrogens is 4. The average Bonchev–Trinajstić information content (AvgIpc) is 3.35. The molecule has 7 heteroatoms. The number of nitrogens with zero attached hydrogens (tertiary/aromatic N) is 6. The smallest absolute Gasteiger partial charge is 0.227 e. The fourth-order valence-corrected chi connectivity index (χ4v) is 4.67. The van der Waals surface area contributed by atoms with Gasteiger partial charge in [-0.1, -0.05) is 20.8 Å². The summed E-state index contributed by atoms with van der Waals surface area (Å²) in [6, 6.07) is 2.40. The minimum atomic E-state index is -0.313. The van der Waals surface area contributed by atoms with E-state index in [1.54, 1.807) is 0 Å². The third-order valence-electron chi connectivity index (χ3n) is 6.36. The molecule has 0 radical (unpaired) electrons. The first-order valence-electron chi connectivity index (χ1n) is 10.7. The van der Waals surface area contributed by atoms with Gasteiger partial charge < -0.3 is 9.80 Å². The van der Waals surface area contributed by atoms with Gasteiger partial charge in [0.15, 0.2) is 5.82 Å². The summed E-state index contributed by atoms with van der Waals surface area (Å²) in [5, 5.41) is 13.6. The number of hydrogen-bond donors (Lipinski definition) is 0. The lowest BCUT2D eigenvalue weighted by atomic mass is 9.92. The van der Waals surface area contributed by atoms with Gasteiger partial charge in [0, 0.05) is 50.4 Å². The van der Waals surface area contributed by atoms with Gasteiger partial charge >= 0.3 is 0 Å². The number of piperidine rings is 1. The van der Waals surface area contributed by atoms with Crippen LogP contribution in [0.25, 0.3) is 11.4 Å². The predicted octanol–water partition coefficient (Wildman–Crippen LogP) is 2.84. The van der Waals surface area contributed by atoms with Gasteiger partial charge in [-0.3, -0.25) is 9.48 Å². The number of anilines is 1. The van der Waals surface area contributed by atoms with Gasteiger partial charge in [0.1, 0.15) is 5.69 Å². The molecule has 0 saturated carbocycles. The molecular weight excluding hydrogens is 364 g/mol. The highest BCUT2D eigenvalue weighted by molar-refractivity contribution is 5.81. The zero-order valence-electron chi connectivity index (χ0n) is 18.3. The highest BCUT2D eigenvalue weighted by Gasteiger charge is 2.33. The van der Waals surface area contributed by atoms with Crippen LogP contribution in [0.5, 0.6) is 0 Å². The molecule has 7 nitrogen and oxygen atoms in total. The molecule has 2 aromatic rings. The largest absolute Gasteiger partial charge is 0.355 e. The van der Waals surface area contributed by atoms with Crippen molar-refractivity contribution in [3.63, 3.8) is 0 Å². The van der Waals surface area contributed by atoms with Crippen LogP contribution in [0, 0.1) is 5.41 Å². The maximum absolute atomic E-state index is 12.6. The third-order valence-corrected chi connectivity index (χ3v) is 6.36. The number of likely N-dealkylation sites (tertiary alicyclic amines) is 1. The van der Waals surface area contributed by atoms with E-state index in [1.807, 2.05) is 49.7 Å². The van der Waals surface area contributed by atoms with Crippen molar-refractivity contribution in [3.05, 3.63) is 23.4 Å². The molecule has 1 amide bonds. The van der Waals surface area contributed by atoms with E-state index in [1.165, 1.54) is 11.1 Å². The molecule has 3 heterocycles. The number of rotatable bonds is 3. The summed E-state index contributed by atoms with van der Waals surface area (Å²) < 4.78 is 1.87. The number of aryl methyl sites for hydroxylation is 1. The Morgan fingerprint density at radius 2 is 1.83 bits per heavy atom. The summed E-state index contributed by atoms with van der Waals surface area (Å²) >= 11 is 0. The maximum Gasteiger partial charge on any atom is 0.227 e. The van der Waals surface area contributed by atoms with Gasteiger partial charge in [0.05, 0.1) is 5.69 Å². The second kappa shape index (κ2) is 7.43. The van der Waals surface area contributed by atoms with Crippen LogP contribution < -0.4 is 4.90 Å². The Balaban J connectivity index is 1.53. The van der Waals surface area contributed by atoms with Gasteiger partial charge in [-0.2, -0.15) is 5.10 Å². The van der Waals surface area contributed by atoms with Crippen molar-refractivity contribution in [1.82, 2.24) is 24.9 Å². The normalized spacial score (nSPS) is 17.5. The molecule has 0 N–H and O–H groups in total. The molecule has 2 aromatic heterocycles. The topological polar surface area (TPSA) is 67.2 Å². The van der Waals surface area contributed by atoms with Gasteiger partial charge in [-0.15, -0.1) is 10.2 Å². The summed E-state index contributed by atoms with van der Waals surface area (Å²) in [6.07, 6.45) is 7.00. The van der Waals surface area contributed by atoms with Crippen LogP contribution in [0.1, 0.15) is 51.2 Å². The molecule has 1 aliphatic carbocycles. The lowest BCUT2D eigenvalue weighted by Gasteiger charge is -2.39. The molecule has 1 fully saturated rings. The van der Waals surface area contributed by atoms with E-state index in [2.05, 4.69) is 27.2 Å². The van der Waals surface area contributed by atoms with E-state index in [-0.39, 0.29) is 11.3 Å². The number of carbonyl (C=O) groups excluding carboxylic acids is 1. The molecule has 1 saturated heterocycles. The SMILES string of the molecule is CN(c1nnc(-c2ccnn2C)c2c1CCC2)C1CCN(C(=O)C(C)(C)C)CC1. The van der Waals surface area contributed by atoms with Crippen molar-refractivity contribution >= 4 is 11.7 Å². The summed E-state index contributed by atoms with van der Waals surface area (Å²) in [5.41, 5.74) is 4.35. The second-order valence-electron chi connectivity index (χ2n) is 9.41. The van der Waals surface area contributed by atoms with Crippen LogP contribution in [0.4, 0.5) is 5.82 Å². The van der Waals surface area contributed by atoms with Crippen molar-refractivity contribution in [3.8, 4) is 11.4 Å². The van der Waals surface area contributed by atoms with Gasteiger partial charge in [-0.05, 0) is 43.7 Å². The van der Waals surface area contributed by atoms with Crippen LogP contribution in [0.15, 0.2) is 12.3 Å². The number of carbonyl (C=O) groups is 1. The van der Waals surface area contributed by atoms with Gasteiger partial charge in [-0.25, -0.2) is 0 Å². The first-order valence-corrected chi connectivity index (χ1v) is 10.7. The Labute approximate surface area is 173 Å². The first kappa shape index (κ1) is 19.9. The van der Waals surface area contributed by atoms with Crippen LogP contribution in [-0.4, -0.2) is 57.0 Å². The molecule has 0 spiro atoms. The van der Waals surface area contributed by atoms with Crippen LogP contribution in [-0.2, 0) is 24.7 Å². The Morgan fingerprint density at radius 3 is 2.45 bits per heavy atom. The van der Waals surface area contributed by atoms with E-state index in [4.69, 9.17) is 0 Å². The summed E-state index contributed by atoms with van der Waals surface area (Å²) in [6.45, 7) is 7.62. The maximum atomic E-state index is 12.6. The molecule has 0 bridgehead atoms. The Hall–Kier alpha value is -2.44. The lowest BCUT2D eigenvalue weighted by Crippen LogP contribution is -2.49. The van der Waals surface area contributed by atoms with E-state index in [0.717, 1.165) is 62.4 Å². The van der Waals surface area contributed by atoms with E-state index < -0.39 is 0 Å². The molecule has 156 valence electrons. The molecule has 1 aliphatic heterocycles. The molecule has 4 rings (SSSR count). The molecule has 29 heavy (non-hydrogen) atoms. The Bertz CT molecular complexity index is 905. The van der Waals surface area contributed by atoms with Crippen LogP contribution in [0.3, 0.4) is 0 Å². The van der Waals surface area contributed by atoms with E-state index >= 15 is 0 Å². The molecule has 0 aromatic carbocycles. The molecular formula is C22H32N6O. The number of hydrogen-bond acceptors (Lipinski definition) is 5. The van der Waals surface area contributed by atoms with Crippen molar-refractivity contribution in [1.29, 1.82) is 0 Å². The fourth-order valence-electron chi connectivity index (χ4n) is 4.67. The van der Waals surface area contributed by atoms with Gasteiger partial charge in [0.25, 0.3) is 0 Å². The highest BCUT2D eigenvalue weighted by Crippen LogP contribution is 2.36. The highest BCUT2D eigenvalue weighted by atomic mass is 16.2. The Kier molecular flexibility index (Phi) is 5.09. The van der Waals surface area contributed by atoms with Crippen molar-refractivity contribution in [2.24, 2.45) is 12.5 Å². The number of amides is 1. The zero-order valence-corrected chi connectivity index (χ0v) is 18.3. The molecule has 0 atom stereocenters. The monoisotopic (exact) mass is 396 g/mol. The summed E-state index contributed by atoms with van der Waals surface area (Å²) in [4.78, 5) is 16.9. The quantitative estimate of drug-likeness (QED) is 0.798. The Morgan fingerprint density at radius 1 is 1.14 bits per heavy atom. The zero-order chi connectivity index (χ0) is 20.8. The molecule has 2 aliphatic rings. The number of fused-ring (bicyclic) bond motifs is 1. The van der Waals surface area contributed by atoms with Crippen molar-refractivity contribution in [2.45, 2.75) is 58.9 Å². The average molecular weight is 397 g/mol. The second-order valence-corrected chi connectivity index (χ2v) is 9.41. The van der Waals surface area contributed by atoms with Gasteiger partial charge in [0.2, 0.25) is 5.91 Å².